The molecule has 0 radical (unpaired) electrons. The van der Waals surface area contributed by atoms with Gasteiger partial charge in [-0.3, -0.25) is 4.79 Å². The summed E-state index contributed by atoms with van der Waals surface area (Å²) in [7, 11) is 0. The van der Waals surface area contributed by atoms with Crippen LogP contribution in [0.5, 0.6) is 0 Å². The number of piperidine rings is 1. The van der Waals surface area contributed by atoms with Crippen molar-refractivity contribution in [3.05, 3.63) is 29.8 Å². The Balaban J connectivity index is 1.67. The van der Waals surface area contributed by atoms with Gasteiger partial charge in [0.25, 0.3) is 5.91 Å². The van der Waals surface area contributed by atoms with Crippen molar-refractivity contribution >= 4 is 17.6 Å². The van der Waals surface area contributed by atoms with E-state index in [0.717, 1.165) is 38.6 Å². The van der Waals surface area contributed by atoms with Crippen LogP contribution in [-0.2, 0) is 0 Å². The molecule has 2 aliphatic rings. The Morgan fingerprint density at radius 3 is 2.78 bits per heavy atom. The molecule has 0 bridgehead atoms. The summed E-state index contributed by atoms with van der Waals surface area (Å²) < 4.78 is 0. The van der Waals surface area contributed by atoms with E-state index in [-0.39, 0.29) is 18.0 Å². The Kier molecular flexibility index (Phi) is 4.81. The number of carbonyl (C=O) groups excluding carboxylic acids is 2. The Morgan fingerprint density at radius 2 is 2.04 bits per heavy atom. The Hall–Kier alpha value is -2.08. The van der Waals surface area contributed by atoms with Crippen LogP contribution in [0.1, 0.15) is 42.5 Å². The lowest BCUT2D eigenvalue weighted by Crippen LogP contribution is -2.47. The van der Waals surface area contributed by atoms with Gasteiger partial charge in [-0.15, -0.1) is 0 Å². The van der Waals surface area contributed by atoms with E-state index in [9.17, 15) is 9.59 Å². The number of urea groups is 1. The number of benzene rings is 1. The summed E-state index contributed by atoms with van der Waals surface area (Å²) in [4.78, 5) is 26.4. The van der Waals surface area contributed by atoms with E-state index in [2.05, 4.69) is 10.6 Å². The molecule has 3 amide bonds. The SMILES string of the molecule is NCC1CCCCN1C(=O)c1cccc(NC(=O)NC2CC2)c1. The highest BCUT2D eigenvalue weighted by molar-refractivity contribution is 5.97. The predicted octanol–water partition coefficient (Wildman–Crippen LogP) is 1.92. The molecule has 23 heavy (non-hydrogen) atoms. The van der Waals surface area contributed by atoms with Crippen LogP contribution in [0.3, 0.4) is 0 Å². The standard InChI is InChI=1S/C17H24N4O2/c18-11-15-6-1-2-9-21(15)16(22)12-4-3-5-14(10-12)20-17(23)19-13-7-8-13/h3-5,10,13,15H,1-2,6-9,11,18H2,(H2,19,20,23). The number of nitrogens with one attached hydrogen (secondary N) is 2. The number of likely N-dealkylation sites (tertiary alicyclic amines) is 1. The van der Waals surface area contributed by atoms with Gasteiger partial charge < -0.3 is 21.3 Å². The van der Waals surface area contributed by atoms with E-state index in [0.29, 0.717) is 23.8 Å². The summed E-state index contributed by atoms with van der Waals surface area (Å²) >= 11 is 0. The number of nitrogens with zero attached hydrogens (tertiary/aromatic N) is 1. The van der Waals surface area contributed by atoms with Crippen molar-refractivity contribution in [2.45, 2.75) is 44.2 Å². The van der Waals surface area contributed by atoms with E-state index < -0.39 is 0 Å². The fourth-order valence-electron chi connectivity index (χ4n) is 2.99. The number of rotatable bonds is 4. The average Bonchev–Trinajstić information content (AvgIpc) is 3.38. The summed E-state index contributed by atoms with van der Waals surface area (Å²) in [5.74, 6) is -0.00796. The molecule has 3 rings (SSSR count). The highest BCUT2D eigenvalue weighted by Gasteiger charge is 2.27. The molecule has 1 aliphatic heterocycles. The topological polar surface area (TPSA) is 87.5 Å². The van der Waals surface area contributed by atoms with Crippen LogP contribution in [-0.4, -0.2) is 42.0 Å². The zero-order chi connectivity index (χ0) is 16.2. The van der Waals surface area contributed by atoms with E-state index >= 15 is 0 Å². The maximum Gasteiger partial charge on any atom is 0.319 e. The van der Waals surface area contributed by atoms with Gasteiger partial charge in [-0.2, -0.15) is 0 Å². The molecule has 2 fully saturated rings. The van der Waals surface area contributed by atoms with Gasteiger partial charge >= 0.3 is 6.03 Å². The summed E-state index contributed by atoms with van der Waals surface area (Å²) in [5, 5.41) is 5.66. The molecule has 124 valence electrons. The second-order valence-electron chi connectivity index (χ2n) is 6.34. The normalized spacial score (nSPS) is 20.9. The summed E-state index contributed by atoms with van der Waals surface area (Å²) in [6.07, 6.45) is 5.19. The molecular weight excluding hydrogens is 292 g/mol. The van der Waals surface area contributed by atoms with Gasteiger partial charge in [0.1, 0.15) is 0 Å². The van der Waals surface area contributed by atoms with Crippen LogP contribution in [0, 0.1) is 0 Å². The smallest absolute Gasteiger partial charge is 0.319 e. The first-order chi connectivity index (χ1) is 11.2. The quantitative estimate of drug-likeness (QED) is 0.793. The molecule has 4 N–H and O–H groups in total. The minimum absolute atomic E-state index is 0.00796. The molecule has 0 aromatic heterocycles. The van der Waals surface area contributed by atoms with Gasteiger partial charge in [0.05, 0.1) is 0 Å². The van der Waals surface area contributed by atoms with Crippen molar-refractivity contribution in [1.29, 1.82) is 0 Å². The molecule has 1 heterocycles. The van der Waals surface area contributed by atoms with Crippen LogP contribution in [0.2, 0.25) is 0 Å². The van der Waals surface area contributed by atoms with Crippen LogP contribution in [0.15, 0.2) is 24.3 Å². The minimum Gasteiger partial charge on any atom is -0.335 e. The lowest BCUT2D eigenvalue weighted by atomic mass is 10.0. The number of nitrogens with two attached hydrogens (primary N) is 1. The van der Waals surface area contributed by atoms with Crippen molar-refractivity contribution in [2.24, 2.45) is 5.73 Å². The summed E-state index contributed by atoms with van der Waals surface area (Å²) in [5.41, 5.74) is 7.03. The molecule has 1 aliphatic carbocycles. The minimum atomic E-state index is -0.213. The van der Waals surface area contributed by atoms with Gasteiger partial charge in [0.2, 0.25) is 0 Å². The molecular formula is C17H24N4O2. The average molecular weight is 316 g/mol. The third-order valence-electron chi connectivity index (χ3n) is 4.44. The molecule has 6 nitrogen and oxygen atoms in total. The van der Waals surface area contributed by atoms with Crippen molar-refractivity contribution in [3.63, 3.8) is 0 Å². The Bertz CT molecular complexity index is 586. The number of anilines is 1. The van der Waals surface area contributed by atoms with Gasteiger partial charge in [-0.05, 0) is 50.3 Å². The molecule has 1 atom stereocenters. The van der Waals surface area contributed by atoms with E-state index in [1.807, 2.05) is 4.90 Å². The van der Waals surface area contributed by atoms with Gasteiger partial charge in [-0.25, -0.2) is 4.79 Å². The Morgan fingerprint density at radius 1 is 1.22 bits per heavy atom. The first kappa shape index (κ1) is 15.8. The van der Waals surface area contributed by atoms with Gasteiger partial charge in [-0.1, -0.05) is 6.07 Å². The monoisotopic (exact) mass is 316 g/mol. The van der Waals surface area contributed by atoms with Crippen LogP contribution < -0.4 is 16.4 Å². The van der Waals surface area contributed by atoms with E-state index in [4.69, 9.17) is 5.73 Å². The molecule has 0 spiro atoms. The van der Waals surface area contributed by atoms with E-state index in [1.54, 1.807) is 24.3 Å². The number of hydrogen-bond acceptors (Lipinski definition) is 3. The second-order valence-corrected chi connectivity index (χ2v) is 6.34. The fourth-order valence-corrected chi connectivity index (χ4v) is 2.99. The highest BCUT2D eigenvalue weighted by atomic mass is 16.2. The van der Waals surface area contributed by atoms with E-state index in [1.165, 1.54) is 0 Å². The lowest BCUT2D eigenvalue weighted by Gasteiger charge is -2.35. The van der Waals surface area contributed by atoms with Gasteiger partial charge in [0.15, 0.2) is 0 Å². The zero-order valence-corrected chi connectivity index (χ0v) is 13.3. The second kappa shape index (κ2) is 7.00. The third kappa shape index (κ3) is 4.01. The number of carbonyl (C=O) groups is 2. The molecule has 1 aromatic rings. The molecule has 6 heteroatoms. The first-order valence-corrected chi connectivity index (χ1v) is 8.36. The van der Waals surface area contributed by atoms with Gasteiger partial charge in [0, 0.05) is 36.4 Å². The molecule has 1 unspecified atom stereocenters. The van der Waals surface area contributed by atoms with Crippen molar-refractivity contribution < 1.29 is 9.59 Å². The lowest BCUT2D eigenvalue weighted by molar-refractivity contribution is 0.0623. The molecule has 1 saturated heterocycles. The number of hydrogen-bond donors (Lipinski definition) is 3. The van der Waals surface area contributed by atoms with Crippen molar-refractivity contribution in [1.82, 2.24) is 10.2 Å². The van der Waals surface area contributed by atoms with Crippen LogP contribution in [0.25, 0.3) is 0 Å². The van der Waals surface area contributed by atoms with Crippen LogP contribution in [0.4, 0.5) is 10.5 Å². The van der Waals surface area contributed by atoms with Crippen LogP contribution >= 0.6 is 0 Å². The molecule has 1 aromatic carbocycles. The summed E-state index contributed by atoms with van der Waals surface area (Å²) in [6, 6.07) is 7.31. The molecule has 1 saturated carbocycles. The maximum absolute atomic E-state index is 12.7. The third-order valence-corrected chi connectivity index (χ3v) is 4.44. The summed E-state index contributed by atoms with van der Waals surface area (Å²) in [6.45, 7) is 1.24. The largest absolute Gasteiger partial charge is 0.335 e. The predicted molar refractivity (Wildman–Crippen MR) is 89.3 cm³/mol. The maximum atomic E-state index is 12.7. The fraction of sp³-hybridized carbons (Fsp3) is 0.529. The number of amides is 3. The zero-order valence-electron chi connectivity index (χ0n) is 13.3. The first-order valence-electron chi connectivity index (χ1n) is 8.36. The Labute approximate surface area is 136 Å². The van der Waals surface area contributed by atoms with Crippen molar-refractivity contribution in [2.75, 3.05) is 18.4 Å². The highest BCUT2D eigenvalue weighted by Crippen LogP contribution is 2.21. The van der Waals surface area contributed by atoms with Crippen molar-refractivity contribution in [3.8, 4) is 0 Å².